The number of carbonyl (C=O) groups excluding carboxylic acids is 1. The van der Waals surface area contributed by atoms with Crippen LogP contribution >= 0.6 is 0 Å². The lowest BCUT2D eigenvalue weighted by Gasteiger charge is -2.25. The number of aryl methyl sites for hydroxylation is 2. The minimum atomic E-state index is -0.794. The molecule has 0 saturated carbocycles. The Morgan fingerprint density at radius 2 is 2.14 bits per heavy atom. The third-order valence-corrected chi connectivity index (χ3v) is 4.36. The molecule has 3 N–H and O–H groups in total. The van der Waals surface area contributed by atoms with E-state index in [1.807, 2.05) is 31.7 Å². The van der Waals surface area contributed by atoms with E-state index in [0.717, 1.165) is 11.3 Å². The lowest BCUT2D eigenvalue weighted by atomic mass is 9.84. The first-order chi connectivity index (χ1) is 9.80. The van der Waals surface area contributed by atoms with Gasteiger partial charge in [-0.05, 0) is 38.3 Å². The summed E-state index contributed by atoms with van der Waals surface area (Å²) in [4.78, 5) is 29.6. The second-order valence-electron chi connectivity index (χ2n) is 5.75. The molecule has 6 heteroatoms. The predicted octanol–water partition coefficient (Wildman–Crippen LogP) is 1.49. The Bertz CT molecular complexity index is 600. The first-order valence-corrected chi connectivity index (χ1v) is 7.07. The number of carboxylic acid groups (broad SMARTS) is 1. The Kier molecular flexibility index (Phi) is 3.89. The van der Waals surface area contributed by atoms with Crippen molar-refractivity contribution in [2.75, 3.05) is 18.0 Å². The third kappa shape index (κ3) is 2.57. The topological polar surface area (TPSA) is 96.5 Å². The lowest BCUT2D eigenvalue weighted by molar-refractivity contribution is -0.147. The number of nitrogens with two attached hydrogens (primary N) is 1. The fourth-order valence-electron chi connectivity index (χ4n) is 3.02. The zero-order valence-corrected chi connectivity index (χ0v) is 12.6. The molecule has 1 amide bonds. The van der Waals surface area contributed by atoms with E-state index in [2.05, 4.69) is 4.98 Å². The van der Waals surface area contributed by atoms with Crippen LogP contribution in [0.2, 0.25) is 0 Å². The Balaban J connectivity index is 2.45. The van der Waals surface area contributed by atoms with Gasteiger partial charge in [-0.3, -0.25) is 9.59 Å². The molecule has 1 aliphatic rings. The van der Waals surface area contributed by atoms with Crippen LogP contribution < -0.4 is 10.6 Å². The maximum atomic E-state index is 11.7. The third-order valence-electron chi connectivity index (χ3n) is 4.36. The Hall–Kier alpha value is -2.11. The largest absolute Gasteiger partial charge is 0.481 e. The molecule has 21 heavy (non-hydrogen) atoms. The van der Waals surface area contributed by atoms with E-state index in [9.17, 15) is 14.7 Å². The van der Waals surface area contributed by atoms with E-state index in [-0.39, 0.29) is 0 Å². The molecule has 0 spiro atoms. The van der Waals surface area contributed by atoms with Crippen molar-refractivity contribution in [3.63, 3.8) is 0 Å². The number of aromatic nitrogens is 1. The van der Waals surface area contributed by atoms with Crippen molar-refractivity contribution in [3.8, 4) is 0 Å². The minimum Gasteiger partial charge on any atom is -0.481 e. The van der Waals surface area contributed by atoms with Gasteiger partial charge in [0, 0.05) is 18.8 Å². The first kappa shape index (κ1) is 15.3. The van der Waals surface area contributed by atoms with Crippen molar-refractivity contribution >= 4 is 17.7 Å². The number of anilines is 1. The summed E-state index contributed by atoms with van der Waals surface area (Å²) in [5.74, 6) is -0.812. The summed E-state index contributed by atoms with van der Waals surface area (Å²) in [7, 11) is 0. The highest BCUT2D eigenvalue weighted by Gasteiger charge is 2.44. The molecule has 0 radical (unpaired) electrons. The summed E-state index contributed by atoms with van der Waals surface area (Å²) in [6, 6.07) is 1.81. The second kappa shape index (κ2) is 5.35. The SMILES string of the molecule is CCC1(C(=O)O)CCN(c2nc(C)cc(C)c2C(N)=O)C1. The highest BCUT2D eigenvalue weighted by atomic mass is 16.4. The highest BCUT2D eigenvalue weighted by molar-refractivity contribution is 5.99. The number of carboxylic acids is 1. The molecule has 2 heterocycles. The number of carbonyl (C=O) groups is 2. The second-order valence-corrected chi connectivity index (χ2v) is 5.75. The van der Waals surface area contributed by atoms with Gasteiger partial charge in [-0.2, -0.15) is 0 Å². The summed E-state index contributed by atoms with van der Waals surface area (Å²) in [5.41, 5.74) is 6.65. The molecule has 1 aromatic rings. The van der Waals surface area contributed by atoms with Gasteiger partial charge < -0.3 is 15.7 Å². The molecule has 2 rings (SSSR count). The van der Waals surface area contributed by atoms with Crippen LogP contribution in [0.25, 0.3) is 0 Å². The van der Waals surface area contributed by atoms with Crippen molar-refractivity contribution in [1.82, 2.24) is 4.98 Å². The van der Waals surface area contributed by atoms with Crippen molar-refractivity contribution in [2.24, 2.45) is 11.1 Å². The van der Waals surface area contributed by atoms with Crippen LogP contribution in [0.5, 0.6) is 0 Å². The van der Waals surface area contributed by atoms with E-state index < -0.39 is 17.3 Å². The number of aliphatic carboxylic acids is 1. The van der Waals surface area contributed by atoms with Gasteiger partial charge in [0.2, 0.25) is 0 Å². The standard InChI is InChI=1S/C15H21N3O3/c1-4-15(14(20)21)5-6-18(8-15)13-11(12(16)19)9(2)7-10(3)17-13/h7H,4-6,8H2,1-3H3,(H2,16,19)(H,20,21). The van der Waals surface area contributed by atoms with Crippen molar-refractivity contribution in [2.45, 2.75) is 33.6 Å². The summed E-state index contributed by atoms with van der Waals surface area (Å²) < 4.78 is 0. The molecule has 1 fully saturated rings. The maximum absolute atomic E-state index is 11.7. The van der Waals surface area contributed by atoms with E-state index in [0.29, 0.717) is 37.3 Å². The zero-order valence-electron chi connectivity index (χ0n) is 12.6. The fraction of sp³-hybridized carbons (Fsp3) is 0.533. The molecular weight excluding hydrogens is 270 g/mol. The Morgan fingerprint density at radius 1 is 1.48 bits per heavy atom. The number of pyridine rings is 1. The summed E-state index contributed by atoms with van der Waals surface area (Å²) in [5, 5.41) is 9.48. The Labute approximate surface area is 124 Å². The zero-order chi connectivity index (χ0) is 15.8. The highest BCUT2D eigenvalue weighted by Crippen LogP contribution is 2.37. The van der Waals surface area contributed by atoms with Gasteiger partial charge in [0.25, 0.3) is 5.91 Å². The number of hydrogen-bond acceptors (Lipinski definition) is 4. The molecule has 1 unspecified atom stereocenters. The lowest BCUT2D eigenvalue weighted by Crippen LogP contribution is -2.35. The van der Waals surface area contributed by atoms with Gasteiger partial charge in [0.1, 0.15) is 5.82 Å². The van der Waals surface area contributed by atoms with Crippen LogP contribution in [0, 0.1) is 19.3 Å². The van der Waals surface area contributed by atoms with Crippen LogP contribution in [-0.4, -0.2) is 35.1 Å². The minimum absolute atomic E-state index is 0.356. The fourth-order valence-corrected chi connectivity index (χ4v) is 3.02. The smallest absolute Gasteiger partial charge is 0.311 e. The van der Waals surface area contributed by atoms with Crippen LogP contribution in [-0.2, 0) is 4.79 Å². The molecule has 0 aromatic carbocycles. The molecule has 1 atom stereocenters. The normalized spacial score (nSPS) is 21.6. The van der Waals surface area contributed by atoms with Gasteiger partial charge in [0.15, 0.2) is 0 Å². The van der Waals surface area contributed by atoms with Crippen LogP contribution in [0.3, 0.4) is 0 Å². The van der Waals surface area contributed by atoms with Crippen LogP contribution in [0.4, 0.5) is 5.82 Å². The van der Waals surface area contributed by atoms with Gasteiger partial charge in [-0.1, -0.05) is 6.92 Å². The molecule has 0 bridgehead atoms. The van der Waals surface area contributed by atoms with E-state index in [1.54, 1.807) is 0 Å². The molecular formula is C15H21N3O3. The number of amides is 1. The predicted molar refractivity (Wildman–Crippen MR) is 79.4 cm³/mol. The van der Waals surface area contributed by atoms with E-state index in [4.69, 9.17) is 5.73 Å². The number of nitrogens with zero attached hydrogens (tertiary/aromatic N) is 2. The quantitative estimate of drug-likeness (QED) is 0.876. The van der Waals surface area contributed by atoms with Gasteiger partial charge >= 0.3 is 5.97 Å². The molecule has 1 aliphatic heterocycles. The van der Waals surface area contributed by atoms with Gasteiger partial charge in [-0.25, -0.2) is 4.98 Å². The average Bonchev–Trinajstić information content (AvgIpc) is 2.82. The maximum Gasteiger partial charge on any atom is 0.311 e. The summed E-state index contributed by atoms with van der Waals surface area (Å²) in [6.07, 6.45) is 1.10. The van der Waals surface area contributed by atoms with Gasteiger partial charge in [-0.15, -0.1) is 0 Å². The van der Waals surface area contributed by atoms with Crippen molar-refractivity contribution in [1.29, 1.82) is 0 Å². The number of hydrogen-bond donors (Lipinski definition) is 2. The van der Waals surface area contributed by atoms with Crippen molar-refractivity contribution in [3.05, 3.63) is 22.9 Å². The van der Waals surface area contributed by atoms with Crippen LogP contribution in [0.15, 0.2) is 6.07 Å². The van der Waals surface area contributed by atoms with E-state index >= 15 is 0 Å². The number of primary amides is 1. The molecule has 1 saturated heterocycles. The summed E-state index contributed by atoms with van der Waals surface area (Å²) in [6.45, 7) is 6.47. The molecule has 114 valence electrons. The van der Waals surface area contributed by atoms with Gasteiger partial charge in [0.05, 0.1) is 11.0 Å². The average molecular weight is 291 g/mol. The number of rotatable bonds is 4. The first-order valence-electron chi connectivity index (χ1n) is 7.07. The van der Waals surface area contributed by atoms with Crippen LogP contribution in [0.1, 0.15) is 41.4 Å². The Morgan fingerprint density at radius 3 is 2.62 bits per heavy atom. The molecule has 6 nitrogen and oxygen atoms in total. The van der Waals surface area contributed by atoms with Crippen molar-refractivity contribution < 1.29 is 14.7 Å². The van der Waals surface area contributed by atoms with E-state index in [1.165, 1.54) is 0 Å². The monoisotopic (exact) mass is 291 g/mol. The molecule has 0 aliphatic carbocycles. The summed E-state index contributed by atoms with van der Waals surface area (Å²) >= 11 is 0. The molecule has 1 aromatic heterocycles.